The average molecular weight is 266 g/mol. The van der Waals surface area contributed by atoms with Crippen molar-refractivity contribution in [2.45, 2.75) is 12.8 Å². The molecule has 0 aliphatic heterocycles. The largest absolute Gasteiger partial charge is 0.481 e. The second kappa shape index (κ2) is 6.71. The van der Waals surface area contributed by atoms with Gasteiger partial charge in [-0.15, -0.1) is 0 Å². The van der Waals surface area contributed by atoms with Crippen LogP contribution in [0.2, 0.25) is 0 Å². The van der Waals surface area contributed by atoms with Gasteiger partial charge >= 0.3 is 5.97 Å². The van der Waals surface area contributed by atoms with Crippen LogP contribution in [0.25, 0.3) is 6.08 Å². The number of carboxylic acid groups (broad SMARTS) is 1. The molecule has 0 spiro atoms. The van der Waals surface area contributed by atoms with Gasteiger partial charge in [-0.25, -0.2) is 0 Å². The Kier molecular flexibility index (Phi) is 4.72. The minimum Gasteiger partial charge on any atom is -0.481 e. The Morgan fingerprint density at radius 3 is 2.10 bits per heavy atom. The first-order valence-electron chi connectivity index (χ1n) is 6.69. The van der Waals surface area contributed by atoms with Crippen LogP contribution in [0.15, 0.2) is 66.7 Å². The zero-order valence-corrected chi connectivity index (χ0v) is 11.4. The van der Waals surface area contributed by atoms with E-state index in [9.17, 15) is 9.90 Å². The molecule has 0 saturated carbocycles. The predicted octanol–water partition coefficient (Wildman–Crippen LogP) is 4.20. The Morgan fingerprint density at radius 1 is 1.00 bits per heavy atom. The topological polar surface area (TPSA) is 37.3 Å². The van der Waals surface area contributed by atoms with Gasteiger partial charge in [0.05, 0.1) is 5.92 Å². The maximum Gasteiger partial charge on any atom is 0.307 e. The molecule has 2 unspecified atom stereocenters. The third kappa shape index (κ3) is 3.58. The van der Waals surface area contributed by atoms with E-state index in [-0.39, 0.29) is 5.92 Å². The molecule has 0 radical (unpaired) electrons. The van der Waals surface area contributed by atoms with Gasteiger partial charge in [-0.05, 0) is 11.1 Å². The highest BCUT2D eigenvalue weighted by atomic mass is 16.4. The highest BCUT2D eigenvalue weighted by Gasteiger charge is 2.22. The minimum absolute atomic E-state index is 0.131. The van der Waals surface area contributed by atoms with Crippen LogP contribution in [0.3, 0.4) is 0 Å². The van der Waals surface area contributed by atoms with E-state index >= 15 is 0 Å². The van der Waals surface area contributed by atoms with Gasteiger partial charge in [0, 0.05) is 5.92 Å². The number of hydrogen-bond donors (Lipinski definition) is 1. The first kappa shape index (κ1) is 14.1. The lowest BCUT2D eigenvalue weighted by atomic mass is 9.86. The summed E-state index contributed by atoms with van der Waals surface area (Å²) in [5.74, 6) is -1.37. The summed E-state index contributed by atoms with van der Waals surface area (Å²) in [6.45, 7) is 1.75. The van der Waals surface area contributed by atoms with E-state index < -0.39 is 11.9 Å². The molecule has 0 aliphatic carbocycles. The van der Waals surface area contributed by atoms with Gasteiger partial charge in [0.2, 0.25) is 0 Å². The minimum atomic E-state index is -0.781. The van der Waals surface area contributed by atoms with Gasteiger partial charge in [-0.1, -0.05) is 79.7 Å². The van der Waals surface area contributed by atoms with Gasteiger partial charge in [0.25, 0.3) is 0 Å². The Balaban J connectivity index is 2.28. The van der Waals surface area contributed by atoms with Gasteiger partial charge in [-0.3, -0.25) is 4.79 Å². The fraction of sp³-hybridized carbons (Fsp3) is 0.167. The molecule has 0 aromatic heterocycles. The lowest BCUT2D eigenvalue weighted by Gasteiger charge is -2.17. The fourth-order valence-corrected chi connectivity index (χ4v) is 2.17. The summed E-state index contributed by atoms with van der Waals surface area (Å²) in [5.41, 5.74) is 2.10. The summed E-state index contributed by atoms with van der Waals surface area (Å²) in [5, 5.41) is 9.28. The number of carboxylic acids is 1. The van der Waals surface area contributed by atoms with E-state index in [4.69, 9.17) is 0 Å². The number of hydrogen-bond acceptors (Lipinski definition) is 1. The first-order chi connectivity index (χ1) is 9.68. The second-order valence-electron chi connectivity index (χ2n) is 4.83. The molecule has 2 nitrogen and oxygen atoms in total. The van der Waals surface area contributed by atoms with Crippen LogP contribution in [-0.2, 0) is 4.79 Å². The highest BCUT2D eigenvalue weighted by molar-refractivity contribution is 5.72. The molecule has 2 atom stereocenters. The maximum atomic E-state index is 11.3. The van der Waals surface area contributed by atoms with E-state index in [1.54, 1.807) is 6.92 Å². The Labute approximate surface area is 119 Å². The summed E-state index contributed by atoms with van der Waals surface area (Å²) in [6, 6.07) is 19.7. The number of rotatable bonds is 5. The number of aliphatic carboxylic acids is 1. The van der Waals surface area contributed by atoms with Crippen LogP contribution >= 0.6 is 0 Å². The zero-order valence-electron chi connectivity index (χ0n) is 11.4. The molecule has 2 aromatic carbocycles. The van der Waals surface area contributed by atoms with Crippen molar-refractivity contribution < 1.29 is 9.90 Å². The monoisotopic (exact) mass is 266 g/mol. The molecule has 0 aliphatic rings. The fourth-order valence-electron chi connectivity index (χ4n) is 2.17. The summed E-state index contributed by atoms with van der Waals surface area (Å²) >= 11 is 0. The van der Waals surface area contributed by atoms with Crippen molar-refractivity contribution in [3.8, 4) is 0 Å². The van der Waals surface area contributed by atoms with Crippen molar-refractivity contribution >= 4 is 12.0 Å². The second-order valence-corrected chi connectivity index (χ2v) is 4.83. The van der Waals surface area contributed by atoms with E-state index in [1.165, 1.54) is 0 Å². The zero-order chi connectivity index (χ0) is 14.4. The quantitative estimate of drug-likeness (QED) is 0.880. The molecule has 1 N–H and O–H groups in total. The van der Waals surface area contributed by atoms with Crippen LogP contribution in [0.1, 0.15) is 24.0 Å². The summed E-state index contributed by atoms with van der Waals surface area (Å²) in [7, 11) is 0. The third-order valence-corrected chi connectivity index (χ3v) is 3.41. The molecule has 0 fully saturated rings. The molecule has 0 saturated heterocycles. The molecule has 2 rings (SSSR count). The SMILES string of the molecule is CC(C(=O)O)C(/C=C/c1ccccc1)c1ccccc1. The van der Waals surface area contributed by atoms with E-state index in [0.29, 0.717) is 0 Å². The van der Waals surface area contributed by atoms with Crippen molar-refractivity contribution in [1.29, 1.82) is 0 Å². The van der Waals surface area contributed by atoms with Crippen molar-refractivity contribution in [3.05, 3.63) is 77.9 Å². The normalized spacial score (nSPS) is 14.1. The lowest BCUT2D eigenvalue weighted by Crippen LogP contribution is -2.17. The predicted molar refractivity (Wildman–Crippen MR) is 81.5 cm³/mol. The van der Waals surface area contributed by atoms with Crippen LogP contribution in [-0.4, -0.2) is 11.1 Å². The van der Waals surface area contributed by atoms with Gasteiger partial charge in [-0.2, -0.15) is 0 Å². The summed E-state index contributed by atoms with van der Waals surface area (Å²) < 4.78 is 0. The Hall–Kier alpha value is -2.35. The van der Waals surface area contributed by atoms with Crippen molar-refractivity contribution in [2.75, 3.05) is 0 Å². The highest BCUT2D eigenvalue weighted by Crippen LogP contribution is 2.27. The number of benzene rings is 2. The molecule has 2 heteroatoms. The van der Waals surface area contributed by atoms with Crippen molar-refractivity contribution in [2.24, 2.45) is 5.92 Å². The smallest absolute Gasteiger partial charge is 0.307 e. The molecule has 2 aromatic rings. The summed E-state index contributed by atoms with van der Waals surface area (Å²) in [6.07, 6.45) is 3.96. The van der Waals surface area contributed by atoms with Gasteiger partial charge in [0.15, 0.2) is 0 Å². The van der Waals surface area contributed by atoms with E-state index in [0.717, 1.165) is 11.1 Å². The Morgan fingerprint density at radius 2 is 1.55 bits per heavy atom. The third-order valence-electron chi connectivity index (χ3n) is 3.41. The molecule has 0 amide bonds. The lowest BCUT2D eigenvalue weighted by molar-refractivity contribution is -0.141. The van der Waals surface area contributed by atoms with Crippen molar-refractivity contribution in [1.82, 2.24) is 0 Å². The van der Waals surface area contributed by atoms with Gasteiger partial charge in [0.1, 0.15) is 0 Å². The first-order valence-corrected chi connectivity index (χ1v) is 6.69. The standard InChI is InChI=1S/C18H18O2/c1-14(18(19)20)17(16-10-6-3-7-11-16)13-12-15-8-4-2-5-9-15/h2-14,17H,1H3,(H,19,20)/b13-12+. The van der Waals surface area contributed by atoms with Crippen LogP contribution in [0.4, 0.5) is 0 Å². The van der Waals surface area contributed by atoms with E-state index in [1.807, 2.05) is 72.8 Å². The van der Waals surface area contributed by atoms with Gasteiger partial charge < -0.3 is 5.11 Å². The average Bonchev–Trinajstić information content (AvgIpc) is 2.49. The molecular weight excluding hydrogens is 248 g/mol. The molecule has 20 heavy (non-hydrogen) atoms. The molecular formula is C18H18O2. The maximum absolute atomic E-state index is 11.3. The van der Waals surface area contributed by atoms with Crippen LogP contribution < -0.4 is 0 Å². The molecule has 0 bridgehead atoms. The van der Waals surface area contributed by atoms with E-state index in [2.05, 4.69) is 0 Å². The van der Waals surface area contributed by atoms with Crippen LogP contribution in [0.5, 0.6) is 0 Å². The van der Waals surface area contributed by atoms with Crippen molar-refractivity contribution in [3.63, 3.8) is 0 Å². The Bertz CT molecular complexity index is 573. The van der Waals surface area contributed by atoms with Crippen LogP contribution in [0, 0.1) is 5.92 Å². The number of carbonyl (C=O) groups is 1. The number of allylic oxidation sites excluding steroid dienone is 1. The summed E-state index contributed by atoms with van der Waals surface area (Å²) in [4.78, 5) is 11.3. The molecule has 102 valence electrons. The molecule has 0 heterocycles.